The van der Waals surface area contributed by atoms with Gasteiger partial charge in [0.25, 0.3) is 11.6 Å². The molecule has 1 N–H and O–H groups in total. The van der Waals surface area contributed by atoms with Crippen molar-refractivity contribution in [1.29, 1.82) is 0 Å². The number of amides is 1. The first-order chi connectivity index (χ1) is 16.9. The van der Waals surface area contributed by atoms with Gasteiger partial charge < -0.3 is 10.1 Å². The topological polar surface area (TPSA) is 112 Å². The third-order valence-electron chi connectivity index (χ3n) is 5.35. The summed E-state index contributed by atoms with van der Waals surface area (Å²) in [7, 11) is 0. The quantitative estimate of drug-likeness (QED) is 0.232. The molecule has 1 amide bonds. The lowest BCUT2D eigenvalue weighted by molar-refractivity contribution is -0.384. The van der Waals surface area contributed by atoms with Crippen molar-refractivity contribution < 1.29 is 14.5 Å². The predicted octanol–water partition coefficient (Wildman–Crippen LogP) is 6.03. The molecule has 0 fully saturated rings. The Labute approximate surface area is 203 Å². The number of nitrogens with zero attached hydrogens (tertiary/aromatic N) is 4. The van der Waals surface area contributed by atoms with Gasteiger partial charge in [0.1, 0.15) is 17.1 Å². The first-order valence-electron chi connectivity index (χ1n) is 10.6. The average molecular weight is 486 g/mol. The smallest absolute Gasteiger partial charge is 0.275 e. The highest BCUT2D eigenvalue weighted by Gasteiger charge is 2.19. The molecule has 9 nitrogen and oxygen atoms in total. The number of anilines is 1. The van der Waals surface area contributed by atoms with E-state index in [0.717, 1.165) is 21.7 Å². The molecule has 5 rings (SSSR count). The number of aryl methyl sites for hydroxylation is 2. The largest absolute Gasteiger partial charge is 0.457 e. The summed E-state index contributed by atoms with van der Waals surface area (Å²) in [5, 5.41) is 20.6. The fraction of sp³-hybridized carbons (Fsp3) is 0.0800. The maximum absolute atomic E-state index is 13.1. The van der Waals surface area contributed by atoms with Crippen LogP contribution in [0, 0.1) is 24.0 Å². The van der Waals surface area contributed by atoms with Crippen molar-refractivity contribution in [2.75, 3.05) is 5.32 Å². The van der Waals surface area contributed by atoms with Gasteiger partial charge in [-0.05, 0) is 48.6 Å². The Bertz CT molecular complexity index is 1580. The van der Waals surface area contributed by atoms with E-state index in [2.05, 4.69) is 15.4 Å². The molecule has 0 aliphatic heterocycles. The lowest BCUT2D eigenvalue weighted by Crippen LogP contribution is -2.12. The van der Waals surface area contributed by atoms with Gasteiger partial charge in [-0.15, -0.1) is 11.3 Å². The first kappa shape index (κ1) is 22.2. The SMILES string of the molecule is Cc1ccc(C)c(Oc2cc(NC(=O)c3cnn4c(-c5cccs5)ccnc34)cc([N+](=O)[O-])c2)c1. The summed E-state index contributed by atoms with van der Waals surface area (Å²) in [6.07, 6.45) is 3.05. The highest BCUT2D eigenvalue weighted by Crippen LogP contribution is 2.32. The van der Waals surface area contributed by atoms with E-state index in [9.17, 15) is 14.9 Å². The number of thiophene rings is 1. The zero-order valence-electron chi connectivity index (χ0n) is 18.8. The average Bonchev–Trinajstić information content (AvgIpc) is 3.51. The van der Waals surface area contributed by atoms with Crippen LogP contribution in [0.3, 0.4) is 0 Å². The molecule has 3 heterocycles. The number of nitrogens with one attached hydrogen (secondary N) is 1. The molecule has 0 aliphatic carbocycles. The van der Waals surface area contributed by atoms with E-state index in [1.54, 1.807) is 28.1 Å². The number of nitro benzene ring substituents is 1. The molecule has 0 saturated carbocycles. The van der Waals surface area contributed by atoms with Crippen molar-refractivity contribution in [3.8, 4) is 22.1 Å². The van der Waals surface area contributed by atoms with Crippen LogP contribution in [0.15, 0.2) is 72.4 Å². The van der Waals surface area contributed by atoms with Gasteiger partial charge in [-0.3, -0.25) is 14.9 Å². The number of benzene rings is 2. The fourth-order valence-corrected chi connectivity index (χ4v) is 4.36. The summed E-state index contributed by atoms with van der Waals surface area (Å²) >= 11 is 1.55. The molecule has 0 saturated heterocycles. The van der Waals surface area contributed by atoms with Crippen molar-refractivity contribution in [2.24, 2.45) is 0 Å². The maximum atomic E-state index is 13.1. The molecule has 0 bridgehead atoms. The third-order valence-corrected chi connectivity index (χ3v) is 6.24. The van der Waals surface area contributed by atoms with Gasteiger partial charge >= 0.3 is 0 Å². The molecule has 0 radical (unpaired) electrons. The molecule has 0 unspecified atom stereocenters. The van der Waals surface area contributed by atoms with Crippen molar-refractivity contribution in [2.45, 2.75) is 13.8 Å². The monoisotopic (exact) mass is 485 g/mol. The number of carbonyl (C=O) groups excluding carboxylic acids is 1. The zero-order chi connectivity index (χ0) is 24.5. The minimum absolute atomic E-state index is 0.207. The standard InChI is InChI=1S/C25H19N5O4S/c1-15-5-6-16(2)22(10-15)34-19-12-17(11-18(13-19)30(32)33)28-25(31)20-14-27-29-21(7-8-26-24(20)29)23-4-3-9-35-23/h3-14H,1-2H3,(H,28,31). The van der Waals surface area contributed by atoms with Gasteiger partial charge in [-0.25, -0.2) is 9.50 Å². The molecular weight excluding hydrogens is 466 g/mol. The number of ether oxygens (including phenoxy) is 1. The minimum Gasteiger partial charge on any atom is -0.457 e. The van der Waals surface area contributed by atoms with Crippen LogP contribution < -0.4 is 10.1 Å². The summed E-state index contributed by atoms with van der Waals surface area (Å²) in [5.74, 6) is 0.325. The molecule has 10 heteroatoms. The van der Waals surface area contributed by atoms with Crippen LogP contribution in [0.5, 0.6) is 11.5 Å². The van der Waals surface area contributed by atoms with Crippen molar-refractivity contribution in [1.82, 2.24) is 14.6 Å². The second-order valence-electron chi connectivity index (χ2n) is 7.90. The molecule has 174 valence electrons. The number of rotatable bonds is 6. The molecule has 0 aliphatic rings. The van der Waals surface area contributed by atoms with Crippen molar-refractivity contribution >= 4 is 34.3 Å². The number of hydrogen-bond acceptors (Lipinski definition) is 7. The highest BCUT2D eigenvalue weighted by atomic mass is 32.1. The van der Waals surface area contributed by atoms with E-state index in [-0.39, 0.29) is 22.7 Å². The van der Waals surface area contributed by atoms with E-state index in [1.807, 2.05) is 55.6 Å². The van der Waals surface area contributed by atoms with Crippen LogP contribution in [0.25, 0.3) is 16.2 Å². The number of fused-ring (bicyclic) bond motifs is 1. The predicted molar refractivity (Wildman–Crippen MR) is 133 cm³/mol. The van der Waals surface area contributed by atoms with E-state index in [1.165, 1.54) is 18.3 Å². The lowest BCUT2D eigenvalue weighted by atomic mass is 10.1. The Morgan fingerprint density at radius 2 is 2.00 bits per heavy atom. The van der Waals surface area contributed by atoms with Crippen molar-refractivity contribution in [3.63, 3.8) is 0 Å². The van der Waals surface area contributed by atoms with Gasteiger partial charge in [-0.2, -0.15) is 5.10 Å². The number of hydrogen-bond donors (Lipinski definition) is 1. The van der Waals surface area contributed by atoms with Crippen LogP contribution in [-0.2, 0) is 0 Å². The van der Waals surface area contributed by atoms with Gasteiger partial charge in [0.2, 0.25) is 0 Å². The normalized spacial score (nSPS) is 10.9. The van der Waals surface area contributed by atoms with Crippen LogP contribution >= 0.6 is 11.3 Å². The first-order valence-corrected chi connectivity index (χ1v) is 11.5. The highest BCUT2D eigenvalue weighted by molar-refractivity contribution is 7.13. The summed E-state index contributed by atoms with van der Waals surface area (Å²) in [6, 6.07) is 15.6. The number of aromatic nitrogens is 3. The lowest BCUT2D eigenvalue weighted by Gasteiger charge is -2.11. The molecule has 0 atom stereocenters. The van der Waals surface area contributed by atoms with Gasteiger partial charge in [0, 0.05) is 18.3 Å². The third kappa shape index (κ3) is 4.46. The Morgan fingerprint density at radius 1 is 1.14 bits per heavy atom. The molecule has 35 heavy (non-hydrogen) atoms. The fourth-order valence-electron chi connectivity index (χ4n) is 3.63. The summed E-state index contributed by atoms with van der Waals surface area (Å²) in [5.41, 5.74) is 3.32. The maximum Gasteiger partial charge on any atom is 0.275 e. The minimum atomic E-state index is -0.532. The van der Waals surface area contributed by atoms with Crippen LogP contribution in [0.1, 0.15) is 21.5 Å². The van der Waals surface area contributed by atoms with Crippen LogP contribution in [0.4, 0.5) is 11.4 Å². The Hall–Kier alpha value is -4.57. The number of nitro groups is 1. The molecule has 5 aromatic rings. The van der Waals surface area contributed by atoms with E-state index in [0.29, 0.717) is 11.4 Å². The molecule has 2 aromatic carbocycles. The number of carbonyl (C=O) groups is 1. The van der Waals surface area contributed by atoms with Crippen LogP contribution in [0.2, 0.25) is 0 Å². The Morgan fingerprint density at radius 3 is 2.77 bits per heavy atom. The van der Waals surface area contributed by atoms with Gasteiger partial charge in [0.05, 0.1) is 33.4 Å². The van der Waals surface area contributed by atoms with E-state index in [4.69, 9.17) is 4.74 Å². The van der Waals surface area contributed by atoms with E-state index < -0.39 is 10.8 Å². The summed E-state index contributed by atoms with van der Waals surface area (Å²) < 4.78 is 7.54. The van der Waals surface area contributed by atoms with Crippen molar-refractivity contribution in [3.05, 3.63) is 99.2 Å². The Kier molecular flexibility index (Phi) is 5.71. The molecule has 0 spiro atoms. The molecular formula is C25H19N5O4S. The second kappa shape index (κ2) is 8.99. The Balaban J connectivity index is 1.47. The van der Waals surface area contributed by atoms with Crippen LogP contribution in [-0.4, -0.2) is 25.4 Å². The second-order valence-corrected chi connectivity index (χ2v) is 8.85. The van der Waals surface area contributed by atoms with Gasteiger partial charge in [0.15, 0.2) is 5.65 Å². The number of non-ortho nitro benzene ring substituents is 1. The van der Waals surface area contributed by atoms with E-state index >= 15 is 0 Å². The molecule has 3 aromatic heterocycles. The zero-order valence-corrected chi connectivity index (χ0v) is 19.6. The summed E-state index contributed by atoms with van der Waals surface area (Å²) in [6.45, 7) is 3.82. The summed E-state index contributed by atoms with van der Waals surface area (Å²) in [4.78, 5) is 29.4. The van der Waals surface area contributed by atoms with Gasteiger partial charge in [-0.1, -0.05) is 18.2 Å².